The summed E-state index contributed by atoms with van der Waals surface area (Å²) in [6.45, 7) is 1.49. The highest BCUT2D eigenvalue weighted by Gasteiger charge is 2.39. The quantitative estimate of drug-likeness (QED) is 0.555. The summed E-state index contributed by atoms with van der Waals surface area (Å²) in [5.74, 6) is -0.866. The van der Waals surface area contributed by atoms with E-state index in [1.165, 1.54) is 7.05 Å². The highest BCUT2D eigenvalue weighted by atomic mass is 16.6. The van der Waals surface area contributed by atoms with E-state index >= 15 is 0 Å². The van der Waals surface area contributed by atoms with Crippen LogP contribution in [0.15, 0.2) is 0 Å². The summed E-state index contributed by atoms with van der Waals surface area (Å²) >= 11 is 0. The Morgan fingerprint density at radius 1 is 1.22 bits per heavy atom. The summed E-state index contributed by atoms with van der Waals surface area (Å²) in [4.78, 5) is 22.1. The lowest BCUT2D eigenvalue weighted by Crippen LogP contribution is -2.36. The van der Waals surface area contributed by atoms with Gasteiger partial charge in [-0.15, -0.1) is 0 Å². The van der Waals surface area contributed by atoms with Crippen molar-refractivity contribution in [2.24, 2.45) is 7.05 Å². The largest absolute Gasteiger partial charge is 0.443 e. The number of hydrogen-bond donors (Lipinski definition) is 0. The Labute approximate surface area is 101 Å². The second-order valence-electron chi connectivity index (χ2n) is 3.73. The molecule has 1 aliphatic rings. The zero-order chi connectivity index (χ0) is 13.3. The van der Waals surface area contributed by atoms with Gasteiger partial charge in [0.1, 0.15) is 7.05 Å². The van der Waals surface area contributed by atoms with Crippen molar-refractivity contribution in [1.29, 1.82) is 0 Å². The van der Waals surface area contributed by atoms with Crippen molar-refractivity contribution in [3.05, 3.63) is 20.2 Å². The van der Waals surface area contributed by atoms with Crippen LogP contribution in [0, 0.1) is 20.2 Å². The molecule has 98 valence electrons. The zero-order valence-electron chi connectivity index (χ0n) is 9.61. The maximum Gasteiger partial charge on any atom is 0.443 e. The molecule has 1 aromatic rings. The minimum absolute atomic E-state index is 0.0456. The van der Waals surface area contributed by atoms with E-state index in [0.29, 0.717) is 26.3 Å². The fraction of sp³-hybridized carbons (Fsp3) is 0.625. The van der Waals surface area contributed by atoms with E-state index in [4.69, 9.17) is 4.74 Å². The normalized spacial score (nSPS) is 15.7. The molecule has 0 bridgehead atoms. The molecule has 10 heteroatoms. The molecule has 2 rings (SSSR count). The van der Waals surface area contributed by atoms with Crippen LogP contribution in [0.1, 0.15) is 0 Å². The Balaban J connectivity index is 2.53. The first-order chi connectivity index (χ1) is 8.52. The number of morpholine rings is 1. The molecular formula is C8H11N5O5. The van der Waals surface area contributed by atoms with Crippen molar-refractivity contribution in [2.75, 3.05) is 31.2 Å². The molecule has 0 N–H and O–H groups in total. The summed E-state index contributed by atoms with van der Waals surface area (Å²) in [6.07, 6.45) is 0. The molecule has 1 aliphatic heterocycles. The van der Waals surface area contributed by atoms with E-state index in [1.54, 1.807) is 4.90 Å². The van der Waals surface area contributed by atoms with Crippen LogP contribution in [0.25, 0.3) is 0 Å². The van der Waals surface area contributed by atoms with Crippen molar-refractivity contribution in [1.82, 2.24) is 9.78 Å². The summed E-state index contributed by atoms with van der Waals surface area (Å²) in [6, 6.07) is 0. The van der Waals surface area contributed by atoms with Gasteiger partial charge in [0.25, 0.3) is 0 Å². The van der Waals surface area contributed by atoms with E-state index in [2.05, 4.69) is 5.10 Å². The number of hydrogen-bond acceptors (Lipinski definition) is 7. The zero-order valence-corrected chi connectivity index (χ0v) is 9.61. The van der Waals surface area contributed by atoms with Gasteiger partial charge in [-0.25, -0.2) is 0 Å². The number of nitro groups is 2. The molecule has 0 unspecified atom stereocenters. The van der Waals surface area contributed by atoms with Crippen LogP contribution < -0.4 is 4.90 Å². The fourth-order valence-electron chi connectivity index (χ4n) is 1.89. The number of aryl methyl sites for hydroxylation is 1. The monoisotopic (exact) mass is 257 g/mol. The molecule has 0 radical (unpaired) electrons. The van der Waals surface area contributed by atoms with Crippen LogP contribution in [0.2, 0.25) is 0 Å². The van der Waals surface area contributed by atoms with Crippen LogP contribution in [-0.4, -0.2) is 45.9 Å². The van der Waals surface area contributed by atoms with Crippen molar-refractivity contribution in [3.63, 3.8) is 0 Å². The topological polar surface area (TPSA) is 117 Å². The van der Waals surface area contributed by atoms with Crippen LogP contribution >= 0.6 is 0 Å². The van der Waals surface area contributed by atoms with Gasteiger partial charge in [0.2, 0.25) is 5.69 Å². The minimum Gasteiger partial charge on any atom is -0.378 e. The van der Waals surface area contributed by atoms with Gasteiger partial charge in [-0.2, -0.15) is 0 Å². The van der Waals surface area contributed by atoms with Crippen molar-refractivity contribution < 1.29 is 14.6 Å². The molecular weight excluding hydrogens is 246 g/mol. The predicted molar refractivity (Wildman–Crippen MR) is 59.5 cm³/mol. The highest BCUT2D eigenvalue weighted by Crippen LogP contribution is 2.36. The molecule has 2 heterocycles. The smallest absolute Gasteiger partial charge is 0.378 e. The predicted octanol–water partition coefficient (Wildman–Crippen LogP) is 0.0731. The minimum atomic E-state index is -0.711. The lowest BCUT2D eigenvalue weighted by Gasteiger charge is -2.26. The Hall–Kier alpha value is -2.23. The van der Waals surface area contributed by atoms with Gasteiger partial charge < -0.3 is 29.9 Å². The van der Waals surface area contributed by atoms with Crippen LogP contribution in [0.4, 0.5) is 17.3 Å². The van der Waals surface area contributed by atoms with Gasteiger partial charge in [0, 0.05) is 13.1 Å². The number of ether oxygens (including phenoxy) is 1. The van der Waals surface area contributed by atoms with E-state index in [9.17, 15) is 20.2 Å². The standard InChI is InChI=1S/C8H11N5O5/c1-10-8(13(16)17)6(7(9-10)12(14)15)11-2-4-18-5-3-11/h2-5H2,1H3. The summed E-state index contributed by atoms with van der Waals surface area (Å²) in [5.41, 5.74) is -0.0456. The third-order valence-corrected chi connectivity index (χ3v) is 2.65. The molecule has 0 aromatic carbocycles. The second-order valence-corrected chi connectivity index (χ2v) is 3.73. The first kappa shape index (κ1) is 12.2. The first-order valence-corrected chi connectivity index (χ1v) is 5.21. The third kappa shape index (κ3) is 1.97. The maximum absolute atomic E-state index is 11.0. The molecule has 1 fully saturated rings. The molecule has 0 spiro atoms. The fourth-order valence-corrected chi connectivity index (χ4v) is 1.89. The summed E-state index contributed by atoms with van der Waals surface area (Å²) in [5, 5.41) is 25.5. The van der Waals surface area contributed by atoms with Gasteiger partial charge in [-0.3, -0.25) is 0 Å². The van der Waals surface area contributed by atoms with Crippen LogP contribution in [0.5, 0.6) is 0 Å². The van der Waals surface area contributed by atoms with E-state index in [-0.39, 0.29) is 11.5 Å². The summed E-state index contributed by atoms with van der Waals surface area (Å²) in [7, 11) is 1.31. The van der Waals surface area contributed by atoms with Gasteiger partial charge in [-0.05, 0) is 14.5 Å². The number of nitrogens with zero attached hydrogens (tertiary/aromatic N) is 5. The van der Waals surface area contributed by atoms with Crippen LogP contribution in [0.3, 0.4) is 0 Å². The van der Waals surface area contributed by atoms with E-state index in [0.717, 1.165) is 4.68 Å². The molecule has 0 saturated carbocycles. The second kappa shape index (κ2) is 4.56. The van der Waals surface area contributed by atoms with Gasteiger partial charge in [0.05, 0.1) is 13.2 Å². The van der Waals surface area contributed by atoms with Crippen molar-refractivity contribution in [3.8, 4) is 0 Å². The van der Waals surface area contributed by atoms with Gasteiger partial charge in [0.15, 0.2) is 5.10 Å². The van der Waals surface area contributed by atoms with E-state index in [1.807, 2.05) is 0 Å². The summed E-state index contributed by atoms with van der Waals surface area (Å²) < 4.78 is 6.04. The maximum atomic E-state index is 11.0. The van der Waals surface area contributed by atoms with Crippen LogP contribution in [-0.2, 0) is 11.8 Å². The molecule has 1 aromatic heterocycles. The highest BCUT2D eigenvalue weighted by molar-refractivity contribution is 5.70. The van der Waals surface area contributed by atoms with Crippen molar-refractivity contribution in [2.45, 2.75) is 0 Å². The molecule has 18 heavy (non-hydrogen) atoms. The first-order valence-electron chi connectivity index (χ1n) is 5.21. The Kier molecular flexibility index (Phi) is 3.10. The number of rotatable bonds is 3. The third-order valence-electron chi connectivity index (χ3n) is 2.65. The molecule has 10 nitrogen and oxygen atoms in total. The average Bonchev–Trinajstić information content (AvgIpc) is 2.68. The molecule has 0 aliphatic carbocycles. The number of anilines is 1. The Bertz CT molecular complexity index is 492. The molecule has 1 saturated heterocycles. The van der Waals surface area contributed by atoms with E-state index < -0.39 is 15.7 Å². The van der Waals surface area contributed by atoms with Crippen molar-refractivity contribution >= 4 is 17.3 Å². The lowest BCUT2D eigenvalue weighted by atomic mass is 10.3. The molecule has 0 amide bonds. The SMILES string of the molecule is Cn1nc([N+](=O)[O-])c(N2CCOCC2)c1[N+](=O)[O-]. The van der Waals surface area contributed by atoms with Gasteiger partial charge >= 0.3 is 11.6 Å². The molecule has 0 atom stereocenters. The average molecular weight is 257 g/mol. The van der Waals surface area contributed by atoms with Gasteiger partial charge in [-0.1, -0.05) is 0 Å². The number of aromatic nitrogens is 2. The lowest BCUT2D eigenvalue weighted by molar-refractivity contribution is -0.393. The Morgan fingerprint density at radius 2 is 1.83 bits per heavy atom. The Morgan fingerprint density at radius 3 is 2.33 bits per heavy atom.